The van der Waals surface area contributed by atoms with Gasteiger partial charge >= 0.3 is 0 Å². The lowest BCUT2D eigenvalue weighted by atomic mass is 9.72. The van der Waals surface area contributed by atoms with Gasteiger partial charge in [-0.15, -0.1) is 0 Å². The number of benzene rings is 1. The van der Waals surface area contributed by atoms with Crippen LogP contribution in [-0.4, -0.2) is 62.9 Å². The number of carbonyl (C=O) groups excluding carboxylic acids is 1. The second kappa shape index (κ2) is 6.94. The number of hydrogen-bond acceptors (Lipinski definition) is 4. The van der Waals surface area contributed by atoms with Crippen molar-refractivity contribution in [1.29, 1.82) is 0 Å². The average molecular weight is 378 g/mol. The monoisotopic (exact) mass is 377 g/mol. The molecule has 0 saturated carbocycles. The molecule has 1 N–H and O–H groups in total. The van der Waals surface area contributed by atoms with Crippen molar-refractivity contribution in [2.24, 2.45) is 11.8 Å². The van der Waals surface area contributed by atoms with Gasteiger partial charge in [-0.25, -0.2) is 13.1 Å². The predicted molar refractivity (Wildman–Crippen MR) is 99.0 cm³/mol. The molecule has 0 spiro atoms. The van der Waals surface area contributed by atoms with Crippen molar-refractivity contribution >= 4 is 15.9 Å². The van der Waals surface area contributed by atoms with Gasteiger partial charge < -0.3 is 9.80 Å². The fourth-order valence-corrected chi connectivity index (χ4v) is 6.22. The van der Waals surface area contributed by atoms with E-state index in [0.29, 0.717) is 24.8 Å². The third kappa shape index (κ3) is 3.28. The molecule has 1 aromatic carbocycles. The highest BCUT2D eigenvalue weighted by Crippen LogP contribution is 2.41. The van der Waals surface area contributed by atoms with E-state index in [1.54, 1.807) is 30.3 Å². The van der Waals surface area contributed by atoms with Crippen LogP contribution in [0, 0.1) is 11.8 Å². The zero-order chi connectivity index (χ0) is 18.3. The number of amides is 1. The van der Waals surface area contributed by atoms with Gasteiger partial charge in [0.2, 0.25) is 15.9 Å². The highest BCUT2D eigenvalue weighted by atomic mass is 32.2. The molecule has 0 radical (unpaired) electrons. The van der Waals surface area contributed by atoms with Crippen LogP contribution in [0.2, 0.25) is 0 Å². The predicted octanol–water partition coefficient (Wildman–Crippen LogP) is 1.30. The lowest BCUT2D eigenvalue weighted by Gasteiger charge is -2.56. The van der Waals surface area contributed by atoms with Gasteiger partial charge in [0, 0.05) is 38.1 Å². The van der Waals surface area contributed by atoms with Crippen molar-refractivity contribution in [2.45, 2.75) is 42.7 Å². The molecule has 3 saturated heterocycles. The van der Waals surface area contributed by atoms with Crippen molar-refractivity contribution in [3.05, 3.63) is 30.3 Å². The Morgan fingerprint density at radius 3 is 2.65 bits per heavy atom. The Labute approximate surface area is 155 Å². The summed E-state index contributed by atoms with van der Waals surface area (Å²) in [4.78, 5) is 17.3. The molecule has 26 heavy (non-hydrogen) atoms. The van der Waals surface area contributed by atoms with Crippen LogP contribution in [0.25, 0.3) is 0 Å². The molecule has 3 fully saturated rings. The van der Waals surface area contributed by atoms with Crippen LogP contribution in [-0.2, 0) is 14.8 Å². The molecule has 3 heterocycles. The smallest absolute Gasteiger partial charge is 0.240 e. The normalized spacial score (nSPS) is 32.3. The first-order valence-corrected chi connectivity index (χ1v) is 11.0. The van der Waals surface area contributed by atoms with Crippen LogP contribution >= 0.6 is 0 Å². The molecule has 2 bridgehead atoms. The summed E-state index contributed by atoms with van der Waals surface area (Å²) < 4.78 is 28.0. The van der Waals surface area contributed by atoms with Gasteiger partial charge in [-0.3, -0.25) is 4.79 Å². The number of piperidine rings is 3. The molecule has 6 nitrogen and oxygen atoms in total. The zero-order valence-corrected chi connectivity index (χ0v) is 16.0. The molecule has 4 atom stereocenters. The van der Waals surface area contributed by atoms with E-state index >= 15 is 0 Å². The van der Waals surface area contributed by atoms with E-state index in [4.69, 9.17) is 0 Å². The summed E-state index contributed by atoms with van der Waals surface area (Å²) in [5, 5.41) is 0. The van der Waals surface area contributed by atoms with E-state index in [0.717, 1.165) is 32.4 Å². The summed E-state index contributed by atoms with van der Waals surface area (Å²) in [5.41, 5.74) is 0. The number of fused-ring (bicyclic) bond motifs is 4. The quantitative estimate of drug-likeness (QED) is 0.859. The number of rotatable bonds is 4. The van der Waals surface area contributed by atoms with E-state index in [-0.39, 0.29) is 22.9 Å². The van der Waals surface area contributed by atoms with E-state index in [1.807, 2.05) is 4.90 Å². The molecule has 1 amide bonds. The van der Waals surface area contributed by atoms with Gasteiger partial charge in [0.25, 0.3) is 0 Å². The third-order valence-corrected chi connectivity index (χ3v) is 7.65. The number of likely N-dealkylation sites (tertiary alicyclic amines) is 1. The molecule has 3 aliphatic rings. The summed E-state index contributed by atoms with van der Waals surface area (Å²) in [7, 11) is -1.43. The van der Waals surface area contributed by atoms with E-state index in [2.05, 4.69) is 16.7 Å². The first kappa shape index (κ1) is 17.9. The Balaban J connectivity index is 1.56. The Morgan fingerprint density at radius 2 is 1.88 bits per heavy atom. The SMILES string of the molecule is CN1C[C@H]2C[C@@H](C1)[C@H](CNS(=O)(=O)c1ccccc1)N1C(=O)CCC[C@@H]21. The van der Waals surface area contributed by atoms with Gasteiger partial charge in [0.1, 0.15) is 0 Å². The summed E-state index contributed by atoms with van der Waals surface area (Å²) in [6.45, 7) is 2.25. The van der Waals surface area contributed by atoms with Crippen LogP contribution in [0.5, 0.6) is 0 Å². The minimum atomic E-state index is -3.56. The maximum absolute atomic E-state index is 12.7. The largest absolute Gasteiger partial charge is 0.335 e. The lowest BCUT2D eigenvalue weighted by molar-refractivity contribution is -0.151. The fraction of sp³-hybridized carbons (Fsp3) is 0.632. The van der Waals surface area contributed by atoms with Crippen LogP contribution in [0.15, 0.2) is 35.2 Å². The number of nitrogens with one attached hydrogen (secondary N) is 1. The Hall–Kier alpha value is -1.44. The summed E-state index contributed by atoms with van der Waals surface area (Å²) >= 11 is 0. The van der Waals surface area contributed by atoms with Gasteiger partial charge in [-0.2, -0.15) is 0 Å². The lowest BCUT2D eigenvalue weighted by Crippen LogP contribution is -2.66. The van der Waals surface area contributed by atoms with Gasteiger partial charge in [0.15, 0.2) is 0 Å². The van der Waals surface area contributed by atoms with Crippen molar-refractivity contribution in [2.75, 3.05) is 26.7 Å². The zero-order valence-electron chi connectivity index (χ0n) is 15.2. The topological polar surface area (TPSA) is 69.7 Å². The fourth-order valence-electron chi connectivity index (χ4n) is 5.15. The Bertz CT molecular complexity index is 767. The first-order chi connectivity index (χ1) is 12.5. The summed E-state index contributed by atoms with van der Waals surface area (Å²) in [6, 6.07) is 8.66. The van der Waals surface area contributed by atoms with Crippen molar-refractivity contribution < 1.29 is 13.2 Å². The highest BCUT2D eigenvalue weighted by Gasteiger charge is 2.48. The van der Waals surface area contributed by atoms with E-state index in [9.17, 15) is 13.2 Å². The van der Waals surface area contributed by atoms with E-state index < -0.39 is 10.0 Å². The molecule has 1 aromatic rings. The van der Waals surface area contributed by atoms with Crippen molar-refractivity contribution in [3.8, 4) is 0 Å². The molecule has 142 valence electrons. The number of sulfonamides is 1. The Morgan fingerprint density at radius 1 is 1.15 bits per heavy atom. The van der Waals surface area contributed by atoms with Gasteiger partial charge in [-0.05, 0) is 50.3 Å². The Kier molecular flexibility index (Phi) is 4.79. The van der Waals surface area contributed by atoms with Crippen LogP contribution in [0.4, 0.5) is 0 Å². The van der Waals surface area contributed by atoms with Gasteiger partial charge in [-0.1, -0.05) is 18.2 Å². The summed E-state index contributed by atoms with van der Waals surface area (Å²) in [5.74, 6) is 1.05. The average Bonchev–Trinajstić information content (AvgIpc) is 2.62. The standard InChI is InChI=1S/C19H27N3O3S/c1-21-12-14-10-15(13-21)18(22-17(14)8-5-9-19(22)23)11-20-26(24,25)16-6-3-2-4-7-16/h2-4,6-7,14-15,17-18,20H,5,8-13H2,1H3/t14-,15+,17+,18+/m1/s1. The van der Waals surface area contributed by atoms with Crippen molar-refractivity contribution in [3.63, 3.8) is 0 Å². The number of hydrogen-bond donors (Lipinski definition) is 1. The minimum absolute atomic E-state index is 0.0507. The molecule has 0 aliphatic carbocycles. The van der Waals surface area contributed by atoms with E-state index in [1.165, 1.54) is 0 Å². The number of carbonyl (C=O) groups is 1. The number of nitrogens with zero attached hydrogens (tertiary/aromatic N) is 2. The molecular formula is C19H27N3O3S. The minimum Gasteiger partial charge on any atom is -0.335 e. The second-order valence-corrected chi connectivity index (χ2v) is 9.74. The van der Waals surface area contributed by atoms with Crippen molar-refractivity contribution in [1.82, 2.24) is 14.5 Å². The molecular weight excluding hydrogens is 350 g/mol. The molecule has 4 rings (SSSR count). The molecule has 0 unspecified atom stereocenters. The summed E-state index contributed by atoms with van der Waals surface area (Å²) in [6.07, 6.45) is 3.68. The van der Waals surface area contributed by atoms with Crippen LogP contribution < -0.4 is 4.72 Å². The van der Waals surface area contributed by atoms with Crippen LogP contribution in [0.1, 0.15) is 25.7 Å². The maximum atomic E-state index is 12.7. The third-order valence-electron chi connectivity index (χ3n) is 6.22. The maximum Gasteiger partial charge on any atom is 0.240 e. The highest BCUT2D eigenvalue weighted by molar-refractivity contribution is 7.89. The first-order valence-electron chi connectivity index (χ1n) is 9.50. The van der Waals surface area contributed by atoms with Crippen LogP contribution in [0.3, 0.4) is 0 Å². The second-order valence-electron chi connectivity index (χ2n) is 7.97. The van der Waals surface area contributed by atoms with Gasteiger partial charge in [0.05, 0.1) is 4.90 Å². The molecule has 3 aliphatic heterocycles. The molecule has 0 aromatic heterocycles. The molecule has 7 heteroatoms.